The lowest BCUT2D eigenvalue weighted by Crippen LogP contribution is -2.38. The van der Waals surface area contributed by atoms with E-state index in [1.807, 2.05) is 13.8 Å². The summed E-state index contributed by atoms with van der Waals surface area (Å²) in [6.45, 7) is 7.31. The molecular weight excluding hydrogens is 268 g/mol. The summed E-state index contributed by atoms with van der Waals surface area (Å²) in [5.74, 6) is 0.627. The van der Waals surface area contributed by atoms with Crippen LogP contribution in [0, 0.1) is 13.8 Å². The van der Waals surface area contributed by atoms with Gasteiger partial charge < -0.3 is 20.5 Å². The Morgan fingerprint density at radius 1 is 1.33 bits per heavy atom. The van der Waals surface area contributed by atoms with E-state index >= 15 is 0 Å². The van der Waals surface area contributed by atoms with E-state index < -0.39 is 6.10 Å². The number of carbonyl (C=O) groups is 1. The van der Waals surface area contributed by atoms with Crippen molar-refractivity contribution in [2.24, 2.45) is 5.73 Å². The van der Waals surface area contributed by atoms with Gasteiger partial charge in [0, 0.05) is 13.7 Å². The van der Waals surface area contributed by atoms with Gasteiger partial charge in [0.25, 0.3) is 5.91 Å². The predicted molar refractivity (Wildman–Crippen MR) is 83.7 cm³/mol. The van der Waals surface area contributed by atoms with Crippen LogP contribution < -0.4 is 15.8 Å². The third kappa shape index (κ3) is 5.36. The molecule has 1 unspecified atom stereocenters. The van der Waals surface area contributed by atoms with Crippen LogP contribution >= 0.6 is 0 Å². The summed E-state index contributed by atoms with van der Waals surface area (Å²) < 4.78 is 10.7. The van der Waals surface area contributed by atoms with Gasteiger partial charge in [0.1, 0.15) is 5.75 Å². The third-order valence-electron chi connectivity index (χ3n) is 3.22. The molecule has 0 heterocycles. The van der Waals surface area contributed by atoms with Crippen LogP contribution in [0.4, 0.5) is 0 Å². The van der Waals surface area contributed by atoms with Crippen molar-refractivity contribution in [3.63, 3.8) is 0 Å². The number of aryl methyl sites for hydroxylation is 2. The van der Waals surface area contributed by atoms with E-state index in [2.05, 4.69) is 17.4 Å². The van der Waals surface area contributed by atoms with Crippen LogP contribution in [0.2, 0.25) is 0 Å². The highest BCUT2D eigenvalue weighted by atomic mass is 16.5. The van der Waals surface area contributed by atoms with Crippen molar-refractivity contribution in [3.05, 3.63) is 28.8 Å². The largest absolute Gasteiger partial charge is 0.480 e. The van der Waals surface area contributed by atoms with Gasteiger partial charge in [-0.15, -0.1) is 0 Å². The average Bonchev–Trinajstić information content (AvgIpc) is 2.43. The first-order valence-electron chi connectivity index (χ1n) is 7.23. The molecule has 1 atom stereocenters. The normalized spacial score (nSPS) is 12.0. The maximum atomic E-state index is 11.9. The molecule has 5 nitrogen and oxygen atoms in total. The van der Waals surface area contributed by atoms with Gasteiger partial charge in [-0.05, 0) is 50.4 Å². The van der Waals surface area contributed by atoms with Crippen LogP contribution in [0.25, 0.3) is 0 Å². The van der Waals surface area contributed by atoms with Gasteiger partial charge >= 0.3 is 0 Å². The quantitative estimate of drug-likeness (QED) is 0.710. The summed E-state index contributed by atoms with van der Waals surface area (Å²) in [7, 11) is 1.60. The Bertz CT molecular complexity index is 452. The monoisotopic (exact) mass is 294 g/mol. The van der Waals surface area contributed by atoms with Crippen LogP contribution in [0.1, 0.15) is 23.6 Å². The minimum Gasteiger partial charge on any atom is -0.480 e. The number of hydrogen-bond acceptors (Lipinski definition) is 4. The van der Waals surface area contributed by atoms with Gasteiger partial charge in [0.2, 0.25) is 0 Å². The smallest absolute Gasteiger partial charge is 0.260 e. The predicted octanol–water partition coefficient (Wildman–Crippen LogP) is 1.33. The molecule has 0 aromatic heterocycles. The first-order chi connectivity index (χ1) is 9.99. The summed E-state index contributed by atoms with van der Waals surface area (Å²) in [4.78, 5) is 11.9. The van der Waals surface area contributed by atoms with Crippen molar-refractivity contribution >= 4 is 5.91 Å². The molecule has 0 spiro atoms. The number of amides is 1. The summed E-state index contributed by atoms with van der Waals surface area (Å²) in [6, 6.07) is 4.12. The van der Waals surface area contributed by atoms with Gasteiger partial charge in [-0.2, -0.15) is 0 Å². The van der Waals surface area contributed by atoms with E-state index in [1.54, 1.807) is 14.0 Å². The maximum Gasteiger partial charge on any atom is 0.260 e. The first kappa shape index (κ1) is 17.5. The standard InChI is InChI=1S/C16H26N2O3/c1-11-9-14(5-6-17)10-12(2)15(11)21-13(3)16(19)18-7-8-20-4/h9-10,13H,5-8,17H2,1-4H3,(H,18,19). The highest BCUT2D eigenvalue weighted by Gasteiger charge is 2.16. The van der Waals surface area contributed by atoms with Gasteiger partial charge in [-0.3, -0.25) is 4.79 Å². The first-order valence-corrected chi connectivity index (χ1v) is 7.23. The molecule has 0 aliphatic rings. The van der Waals surface area contributed by atoms with Crippen LogP contribution in [0.5, 0.6) is 5.75 Å². The van der Waals surface area contributed by atoms with Gasteiger partial charge in [-0.25, -0.2) is 0 Å². The van der Waals surface area contributed by atoms with E-state index in [9.17, 15) is 4.79 Å². The molecule has 0 bridgehead atoms. The van der Waals surface area contributed by atoms with Gasteiger partial charge in [0.15, 0.2) is 6.10 Å². The van der Waals surface area contributed by atoms with Crippen molar-refractivity contribution in [1.29, 1.82) is 0 Å². The Morgan fingerprint density at radius 2 is 1.95 bits per heavy atom. The van der Waals surface area contributed by atoms with Crippen molar-refractivity contribution in [2.75, 3.05) is 26.8 Å². The second kappa shape index (κ2) is 8.64. The van der Waals surface area contributed by atoms with E-state index in [0.717, 1.165) is 23.3 Å². The van der Waals surface area contributed by atoms with E-state index in [4.69, 9.17) is 15.2 Å². The third-order valence-corrected chi connectivity index (χ3v) is 3.22. The molecule has 0 fully saturated rings. The molecule has 0 saturated carbocycles. The SMILES string of the molecule is COCCNC(=O)C(C)Oc1c(C)cc(CCN)cc1C. The molecule has 0 saturated heterocycles. The lowest BCUT2D eigenvalue weighted by molar-refractivity contribution is -0.127. The summed E-state index contributed by atoms with van der Waals surface area (Å²) in [6.07, 6.45) is 0.300. The average molecular weight is 294 g/mol. The molecule has 5 heteroatoms. The molecule has 3 N–H and O–H groups in total. The maximum absolute atomic E-state index is 11.9. The highest BCUT2D eigenvalue weighted by Crippen LogP contribution is 2.26. The minimum absolute atomic E-state index is 0.142. The lowest BCUT2D eigenvalue weighted by Gasteiger charge is -2.19. The van der Waals surface area contributed by atoms with Crippen LogP contribution in [0.3, 0.4) is 0 Å². The highest BCUT2D eigenvalue weighted by molar-refractivity contribution is 5.80. The van der Waals surface area contributed by atoms with Crippen molar-refractivity contribution in [3.8, 4) is 5.75 Å². The molecule has 0 aliphatic heterocycles. The Morgan fingerprint density at radius 3 is 2.48 bits per heavy atom. The number of ether oxygens (including phenoxy) is 2. The molecule has 0 aliphatic carbocycles. The Balaban J connectivity index is 2.71. The number of nitrogens with two attached hydrogens (primary N) is 1. The van der Waals surface area contributed by atoms with E-state index in [-0.39, 0.29) is 5.91 Å². The molecule has 1 aromatic carbocycles. The molecule has 1 aromatic rings. The fourth-order valence-electron chi connectivity index (χ4n) is 2.19. The number of benzene rings is 1. The summed E-state index contributed by atoms with van der Waals surface area (Å²) >= 11 is 0. The number of nitrogens with one attached hydrogen (secondary N) is 1. The minimum atomic E-state index is -0.542. The lowest BCUT2D eigenvalue weighted by atomic mass is 10.0. The fraction of sp³-hybridized carbons (Fsp3) is 0.562. The number of methoxy groups -OCH3 is 1. The summed E-state index contributed by atoms with van der Waals surface area (Å²) in [5.41, 5.74) is 8.82. The van der Waals surface area contributed by atoms with Crippen LogP contribution in [-0.2, 0) is 16.0 Å². The summed E-state index contributed by atoms with van der Waals surface area (Å²) in [5, 5.41) is 2.77. The zero-order valence-electron chi connectivity index (χ0n) is 13.4. The Kier molecular flexibility index (Phi) is 7.19. The topological polar surface area (TPSA) is 73.6 Å². The fourth-order valence-corrected chi connectivity index (χ4v) is 2.19. The van der Waals surface area contributed by atoms with Crippen molar-refractivity contribution in [1.82, 2.24) is 5.32 Å². The molecule has 1 amide bonds. The van der Waals surface area contributed by atoms with Crippen molar-refractivity contribution in [2.45, 2.75) is 33.3 Å². The number of hydrogen-bond donors (Lipinski definition) is 2. The molecule has 0 radical (unpaired) electrons. The van der Waals surface area contributed by atoms with Crippen LogP contribution in [-0.4, -0.2) is 38.8 Å². The molecule has 118 valence electrons. The van der Waals surface area contributed by atoms with Gasteiger partial charge in [0.05, 0.1) is 6.61 Å². The van der Waals surface area contributed by atoms with E-state index in [0.29, 0.717) is 19.7 Å². The Labute approximate surface area is 126 Å². The van der Waals surface area contributed by atoms with Crippen LogP contribution in [0.15, 0.2) is 12.1 Å². The number of rotatable bonds is 8. The van der Waals surface area contributed by atoms with Crippen molar-refractivity contribution < 1.29 is 14.3 Å². The zero-order valence-corrected chi connectivity index (χ0v) is 13.4. The van der Waals surface area contributed by atoms with E-state index in [1.165, 1.54) is 5.56 Å². The second-order valence-corrected chi connectivity index (χ2v) is 5.14. The molecule has 21 heavy (non-hydrogen) atoms. The molecular formula is C16H26N2O3. The number of carbonyl (C=O) groups excluding carboxylic acids is 1. The second-order valence-electron chi connectivity index (χ2n) is 5.14. The van der Waals surface area contributed by atoms with Gasteiger partial charge in [-0.1, -0.05) is 12.1 Å². The zero-order chi connectivity index (χ0) is 15.8. The molecule has 1 rings (SSSR count). The Hall–Kier alpha value is -1.59.